The zero-order valence-electron chi connectivity index (χ0n) is 23.9. The largest absolute Gasteiger partial charge is 0.378 e. The van der Waals surface area contributed by atoms with Crippen LogP contribution in [0, 0.1) is 10.8 Å². The van der Waals surface area contributed by atoms with Crippen molar-refractivity contribution in [3.63, 3.8) is 0 Å². The quantitative estimate of drug-likeness (QED) is 0.348. The maximum Gasteiger partial charge on any atom is 0.0585 e. The summed E-state index contributed by atoms with van der Waals surface area (Å²) in [6.07, 6.45) is 19.5. The first-order valence-corrected chi connectivity index (χ1v) is 14.8. The number of rotatable bonds is 8. The van der Waals surface area contributed by atoms with E-state index in [1.54, 1.807) is 0 Å². The Labute approximate surface area is 231 Å². The second-order valence-electron chi connectivity index (χ2n) is 12.6. The molecule has 0 aromatic heterocycles. The van der Waals surface area contributed by atoms with Gasteiger partial charge in [0, 0.05) is 12.6 Å². The Hall–Kier alpha value is -0.120. The van der Waals surface area contributed by atoms with Crippen molar-refractivity contribution in [1.82, 2.24) is 10.2 Å². The van der Waals surface area contributed by atoms with Gasteiger partial charge < -0.3 is 15.0 Å². The molecule has 3 aliphatic rings. The highest BCUT2D eigenvalue weighted by atomic mass is 16.5. The molecule has 1 saturated heterocycles. The van der Waals surface area contributed by atoms with Gasteiger partial charge in [0.2, 0.25) is 0 Å². The molecular formula is C33H74N2O. The van der Waals surface area contributed by atoms with Crippen molar-refractivity contribution >= 4 is 0 Å². The van der Waals surface area contributed by atoms with Crippen LogP contribution in [0.1, 0.15) is 161 Å². The summed E-state index contributed by atoms with van der Waals surface area (Å²) in [5.74, 6) is 0. The van der Waals surface area contributed by atoms with E-state index in [1.807, 2.05) is 0 Å². The molecule has 0 spiro atoms. The lowest BCUT2D eigenvalue weighted by Gasteiger charge is -2.44. The molecule has 1 N–H and O–H groups in total. The summed E-state index contributed by atoms with van der Waals surface area (Å²) in [5, 5.41) is 3.57. The molecule has 3 fully saturated rings. The van der Waals surface area contributed by atoms with Crippen LogP contribution >= 0.6 is 0 Å². The SMILES string of the molecule is C.C.C.CCCN1CCCCC1.CCCNC1CCCCC1.CCCOC1CC(C)(C)CC(C)(C)C1. The van der Waals surface area contributed by atoms with E-state index in [0.29, 0.717) is 16.9 Å². The second kappa shape index (κ2) is 22.8. The van der Waals surface area contributed by atoms with E-state index in [2.05, 4.69) is 58.7 Å². The van der Waals surface area contributed by atoms with Crippen molar-refractivity contribution in [3.05, 3.63) is 0 Å². The van der Waals surface area contributed by atoms with Gasteiger partial charge in [-0.2, -0.15) is 0 Å². The maximum atomic E-state index is 5.90. The molecule has 0 aromatic carbocycles. The zero-order chi connectivity index (χ0) is 24.6. The fraction of sp³-hybridized carbons (Fsp3) is 1.00. The van der Waals surface area contributed by atoms with Gasteiger partial charge in [-0.05, 0) is 101 Å². The average Bonchev–Trinajstić information content (AvgIpc) is 2.77. The van der Waals surface area contributed by atoms with Crippen molar-refractivity contribution in [2.45, 2.75) is 173 Å². The lowest BCUT2D eigenvalue weighted by molar-refractivity contribution is -0.0485. The molecule has 0 aromatic rings. The van der Waals surface area contributed by atoms with Gasteiger partial charge >= 0.3 is 0 Å². The Bertz CT molecular complexity index is 432. The first-order chi connectivity index (χ1) is 15.7. The summed E-state index contributed by atoms with van der Waals surface area (Å²) in [7, 11) is 0. The number of hydrogen-bond acceptors (Lipinski definition) is 3. The third-order valence-corrected chi connectivity index (χ3v) is 7.35. The van der Waals surface area contributed by atoms with Crippen molar-refractivity contribution < 1.29 is 4.74 Å². The number of likely N-dealkylation sites (tertiary alicyclic amines) is 1. The minimum absolute atomic E-state index is 0. The third-order valence-electron chi connectivity index (χ3n) is 7.35. The summed E-state index contributed by atoms with van der Waals surface area (Å²) in [6, 6.07) is 0.855. The third kappa shape index (κ3) is 19.9. The Morgan fingerprint density at radius 2 is 1.25 bits per heavy atom. The Kier molecular flexibility index (Phi) is 25.6. The number of nitrogens with one attached hydrogen (secondary N) is 1. The van der Waals surface area contributed by atoms with Crippen LogP contribution in [0.5, 0.6) is 0 Å². The molecule has 2 saturated carbocycles. The van der Waals surface area contributed by atoms with Crippen LogP contribution in [-0.2, 0) is 4.74 Å². The van der Waals surface area contributed by atoms with Gasteiger partial charge in [-0.15, -0.1) is 0 Å². The first-order valence-electron chi connectivity index (χ1n) is 14.8. The number of ether oxygens (including phenoxy) is 1. The van der Waals surface area contributed by atoms with Crippen LogP contribution in [0.25, 0.3) is 0 Å². The van der Waals surface area contributed by atoms with Crippen LogP contribution in [0.2, 0.25) is 0 Å². The van der Waals surface area contributed by atoms with E-state index in [1.165, 1.54) is 110 Å². The summed E-state index contributed by atoms with van der Waals surface area (Å²) >= 11 is 0. The predicted octanol–water partition coefficient (Wildman–Crippen LogP) is 10.1. The molecule has 222 valence electrons. The lowest BCUT2D eigenvalue weighted by Crippen LogP contribution is -2.38. The molecule has 0 radical (unpaired) electrons. The zero-order valence-corrected chi connectivity index (χ0v) is 23.9. The van der Waals surface area contributed by atoms with Crippen LogP contribution in [0.4, 0.5) is 0 Å². The highest BCUT2D eigenvalue weighted by Gasteiger charge is 2.38. The predicted molar refractivity (Wildman–Crippen MR) is 167 cm³/mol. The van der Waals surface area contributed by atoms with E-state index >= 15 is 0 Å². The Balaban J connectivity index is -0.000000447. The smallest absolute Gasteiger partial charge is 0.0585 e. The molecule has 0 atom stereocenters. The van der Waals surface area contributed by atoms with Crippen molar-refractivity contribution in [3.8, 4) is 0 Å². The molecule has 0 bridgehead atoms. The van der Waals surface area contributed by atoms with Gasteiger partial charge in [0.25, 0.3) is 0 Å². The number of nitrogens with zero attached hydrogens (tertiary/aromatic N) is 1. The maximum absolute atomic E-state index is 5.90. The van der Waals surface area contributed by atoms with Crippen molar-refractivity contribution in [1.29, 1.82) is 0 Å². The van der Waals surface area contributed by atoms with Gasteiger partial charge in [-0.1, -0.05) is 96.4 Å². The highest BCUT2D eigenvalue weighted by molar-refractivity contribution is 4.89. The van der Waals surface area contributed by atoms with Crippen molar-refractivity contribution in [2.24, 2.45) is 10.8 Å². The molecule has 2 aliphatic carbocycles. The summed E-state index contributed by atoms with van der Waals surface area (Å²) in [5.41, 5.74) is 0.917. The lowest BCUT2D eigenvalue weighted by atomic mass is 9.64. The summed E-state index contributed by atoms with van der Waals surface area (Å²) < 4.78 is 5.90. The minimum atomic E-state index is 0. The molecule has 1 heterocycles. The summed E-state index contributed by atoms with van der Waals surface area (Å²) in [6.45, 7) is 22.3. The molecule has 3 heteroatoms. The fourth-order valence-corrected chi connectivity index (χ4v) is 6.30. The Morgan fingerprint density at radius 1 is 0.722 bits per heavy atom. The number of hydrogen-bond donors (Lipinski definition) is 1. The van der Waals surface area contributed by atoms with Gasteiger partial charge in [-0.3, -0.25) is 0 Å². The molecular weight excluding hydrogens is 440 g/mol. The first kappa shape index (κ1) is 40.4. The fourth-order valence-electron chi connectivity index (χ4n) is 6.30. The van der Waals surface area contributed by atoms with E-state index < -0.39 is 0 Å². The topological polar surface area (TPSA) is 24.5 Å². The minimum Gasteiger partial charge on any atom is -0.378 e. The average molecular weight is 515 g/mol. The van der Waals surface area contributed by atoms with Crippen LogP contribution in [0.3, 0.4) is 0 Å². The monoisotopic (exact) mass is 515 g/mol. The van der Waals surface area contributed by atoms with Crippen LogP contribution in [-0.4, -0.2) is 49.8 Å². The molecule has 3 nitrogen and oxygen atoms in total. The van der Waals surface area contributed by atoms with Crippen LogP contribution in [0.15, 0.2) is 0 Å². The van der Waals surface area contributed by atoms with Crippen molar-refractivity contribution in [2.75, 3.05) is 32.8 Å². The normalized spacial score (nSPS) is 21.8. The molecule has 0 amide bonds. The molecule has 0 unspecified atom stereocenters. The molecule has 1 aliphatic heterocycles. The second-order valence-corrected chi connectivity index (χ2v) is 12.6. The van der Waals surface area contributed by atoms with E-state index in [9.17, 15) is 0 Å². The van der Waals surface area contributed by atoms with E-state index in [0.717, 1.165) is 19.1 Å². The summed E-state index contributed by atoms with van der Waals surface area (Å²) in [4.78, 5) is 2.57. The highest BCUT2D eigenvalue weighted by Crippen LogP contribution is 2.46. The molecule has 36 heavy (non-hydrogen) atoms. The standard InChI is InChI=1S/C13H26O.C9H19N.C8H17N.3CH4/c1-6-7-14-11-8-12(2,3)10-13(4,5)9-11;1-2-8-10-9-6-4-3-5-7-9;1-2-6-9-7-4-3-5-8-9;;;/h11H,6-10H2,1-5H3;9-10H,2-8H2,1H3;2-8H2,1H3;3*1H4. The Morgan fingerprint density at radius 3 is 1.72 bits per heavy atom. The number of piperidine rings is 1. The van der Waals surface area contributed by atoms with Gasteiger partial charge in [0.05, 0.1) is 6.10 Å². The van der Waals surface area contributed by atoms with E-state index in [4.69, 9.17) is 4.74 Å². The van der Waals surface area contributed by atoms with Gasteiger partial charge in [0.15, 0.2) is 0 Å². The molecule has 3 rings (SSSR count). The van der Waals surface area contributed by atoms with E-state index in [-0.39, 0.29) is 22.3 Å². The van der Waals surface area contributed by atoms with Gasteiger partial charge in [-0.25, -0.2) is 0 Å². The van der Waals surface area contributed by atoms with Crippen LogP contribution < -0.4 is 5.32 Å². The van der Waals surface area contributed by atoms with Gasteiger partial charge in [0.1, 0.15) is 0 Å².